The summed E-state index contributed by atoms with van der Waals surface area (Å²) in [4.78, 5) is 0. The molecule has 3 N–H and O–H groups in total. The van der Waals surface area contributed by atoms with Crippen molar-refractivity contribution in [3.05, 3.63) is 69.7 Å². The van der Waals surface area contributed by atoms with Crippen LogP contribution in [0.25, 0.3) is 0 Å². The predicted molar refractivity (Wildman–Crippen MR) is 86.8 cm³/mol. The molecule has 2 aromatic rings. The van der Waals surface area contributed by atoms with E-state index in [4.69, 9.17) is 28.9 Å². The Kier molecular flexibility index (Phi) is 6.80. The number of nitrogens with two attached hydrogens (primary N) is 1. The number of halogens is 3. The first-order chi connectivity index (χ1) is 9.08. The Morgan fingerprint density at radius 2 is 1.65 bits per heavy atom. The van der Waals surface area contributed by atoms with Gasteiger partial charge in [0.2, 0.25) is 0 Å². The SMILES string of the molecule is Cl.N[C@@H](c1ccc(Cl)c(Cl)c1)[C@H](O)Cc1ccccc1. The van der Waals surface area contributed by atoms with Gasteiger partial charge in [-0.25, -0.2) is 0 Å². The summed E-state index contributed by atoms with van der Waals surface area (Å²) in [5.74, 6) is 0. The van der Waals surface area contributed by atoms with Crippen LogP contribution in [0.3, 0.4) is 0 Å². The van der Waals surface area contributed by atoms with Crippen LogP contribution in [-0.4, -0.2) is 11.2 Å². The Morgan fingerprint density at radius 1 is 1.00 bits per heavy atom. The Bertz CT molecular complexity index is 548. The zero-order valence-electron chi connectivity index (χ0n) is 10.7. The normalized spacial score (nSPS) is 13.4. The molecular weight excluding hydrogens is 317 g/mol. The minimum Gasteiger partial charge on any atom is -0.391 e. The average molecular weight is 333 g/mol. The van der Waals surface area contributed by atoms with Crippen molar-refractivity contribution < 1.29 is 5.11 Å². The third kappa shape index (κ3) is 4.37. The van der Waals surface area contributed by atoms with Crippen molar-refractivity contribution in [2.75, 3.05) is 0 Å². The first kappa shape index (κ1) is 17.3. The van der Waals surface area contributed by atoms with Gasteiger partial charge in [0.25, 0.3) is 0 Å². The van der Waals surface area contributed by atoms with Crippen LogP contribution in [0, 0.1) is 0 Å². The fraction of sp³-hybridized carbons (Fsp3) is 0.200. The highest BCUT2D eigenvalue weighted by Gasteiger charge is 2.18. The lowest BCUT2D eigenvalue weighted by Crippen LogP contribution is -2.28. The van der Waals surface area contributed by atoms with Crippen molar-refractivity contribution in [2.24, 2.45) is 5.73 Å². The highest BCUT2D eigenvalue weighted by atomic mass is 35.5. The molecule has 0 aliphatic rings. The molecule has 0 heterocycles. The van der Waals surface area contributed by atoms with Crippen molar-refractivity contribution in [3.8, 4) is 0 Å². The lowest BCUT2D eigenvalue weighted by Gasteiger charge is -2.19. The average Bonchev–Trinajstić information content (AvgIpc) is 2.42. The molecule has 0 spiro atoms. The molecule has 20 heavy (non-hydrogen) atoms. The van der Waals surface area contributed by atoms with Crippen molar-refractivity contribution in [3.63, 3.8) is 0 Å². The second-order valence-electron chi connectivity index (χ2n) is 4.46. The van der Waals surface area contributed by atoms with E-state index < -0.39 is 12.1 Å². The van der Waals surface area contributed by atoms with E-state index in [0.717, 1.165) is 11.1 Å². The van der Waals surface area contributed by atoms with E-state index in [0.29, 0.717) is 16.5 Å². The molecule has 0 unspecified atom stereocenters. The van der Waals surface area contributed by atoms with E-state index in [2.05, 4.69) is 0 Å². The highest BCUT2D eigenvalue weighted by Crippen LogP contribution is 2.26. The number of aliphatic hydroxyl groups is 1. The fourth-order valence-electron chi connectivity index (χ4n) is 1.92. The fourth-order valence-corrected chi connectivity index (χ4v) is 2.23. The van der Waals surface area contributed by atoms with E-state index in [1.165, 1.54) is 0 Å². The maximum absolute atomic E-state index is 10.2. The highest BCUT2D eigenvalue weighted by molar-refractivity contribution is 6.42. The van der Waals surface area contributed by atoms with Crippen LogP contribution in [-0.2, 0) is 6.42 Å². The number of hydrogen-bond acceptors (Lipinski definition) is 2. The summed E-state index contributed by atoms with van der Waals surface area (Å²) in [6, 6.07) is 14.4. The van der Waals surface area contributed by atoms with Gasteiger partial charge in [-0.2, -0.15) is 0 Å². The lowest BCUT2D eigenvalue weighted by atomic mass is 9.97. The van der Waals surface area contributed by atoms with E-state index in [9.17, 15) is 5.11 Å². The van der Waals surface area contributed by atoms with Crippen LogP contribution in [0.5, 0.6) is 0 Å². The molecule has 0 amide bonds. The minimum atomic E-state index is -0.667. The van der Waals surface area contributed by atoms with Gasteiger partial charge in [-0.3, -0.25) is 0 Å². The van der Waals surface area contributed by atoms with Crippen LogP contribution in [0.15, 0.2) is 48.5 Å². The quantitative estimate of drug-likeness (QED) is 0.888. The smallest absolute Gasteiger partial charge is 0.0773 e. The molecule has 0 fully saturated rings. The Morgan fingerprint density at radius 3 is 2.25 bits per heavy atom. The summed E-state index contributed by atoms with van der Waals surface area (Å²) in [5.41, 5.74) is 7.88. The second kappa shape index (κ2) is 7.87. The Hall–Kier alpha value is -0.770. The predicted octanol–water partition coefficient (Wildman–Crippen LogP) is 4.02. The first-order valence-electron chi connectivity index (χ1n) is 6.00. The van der Waals surface area contributed by atoms with Gasteiger partial charge >= 0.3 is 0 Å². The van der Waals surface area contributed by atoms with Crippen LogP contribution >= 0.6 is 35.6 Å². The Labute approximate surface area is 134 Å². The van der Waals surface area contributed by atoms with Crippen molar-refractivity contribution in [2.45, 2.75) is 18.6 Å². The molecule has 5 heteroatoms. The van der Waals surface area contributed by atoms with Gasteiger partial charge in [0.15, 0.2) is 0 Å². The van der Waals surface area contributed by atoms with E-state index in [1.807, 2.05) is 30.3 Å². The molecule has 2 nitrogen and oxygen atoms in total. The maximum Gasteiger partial charge on any atom is 0.0773 e. The standard InChI is InChI=1S/C15H15Cl2NO.ClH/c16-12-7-6-11(9-13(12)17)15(18)14(19)8-10-4-2-1-3-5-10;/h1-7,9,14-15,19H,8,18H2;1H/t14-,15+;/m1./s1. The molecule has 2 rings (SSSR count). The zero-order valence-corrected chi connectivity index (χ0v) is 13.0. The van der Waals surface area contributed by atoms with Crippen molar-refractivity contribution in [1.82, 2.24) is 0 Å². The largest absolute Gasteiger partial charge is 0.391 e. The molecule has 0 aliphatic heterocycles. The second-order valence-corrected chi connectivity index (χ2v) is 5.27. The number of rotatable bonds is 4. The van der Waals surface area contributed by atoms with Gasteiger partial charge in [-0.05, 0) is 23.3 Å². The molecule has 0 bridgehead atoms. The summed E-state index contributed by atoms with van der Waals surface area (Å²) >= 11 is 11.8. The van der Waals surface area contributed by atoms with Crippen LogP contribution in [0.4, 0.5) is 0 Å². The molecule has 108 valence electrons. The number of aliphatic hydroxyl groups excluding tert-OH is 1. The molecular formula is C15H16Cl3NO. The third-order valence-electron chi connectivity index (χ3n) is 3.03. The van der Waals surface area contributed by atoms with Gasteiger partial charge in [0.05, 0.1) is 22.2 Å². The van der Waals surface area contributed by atoms with Gasteiger partial charge in [-0.1, -0.05) is 59.6 Å². The van der Waals surface area contributed by atoms with Crippen LogP contribution in [0.1, 0.15) is 17.2 Å². The van der Waals surface area contributed by atoms with Gasteiger partial charge in [0, 0.05) is 6.42 Å². The zero-order chi connectivity index (χ0) is 13.8. The van der Waals surface area contributed by atoms with E-state index in [-0.39, 0.29) is 12.4 Å². The third-order valence-corrected chi connectivity index (χ3v) is 3.77. The topological polar surface area (TPSA) is 46.2 Å². The summed E-state index contributed by atoms with van der Waals surface area (Å²) in [6.07, 6.45) is -0.165. The molecule has 0 saturated carbocycles. The first-order valence-corrected chi connectivity index (χ1v) is 6.76. The van der Waals surface area contributed by atoms with Crippen LogP contribution in [0.2, 0.25) is 10.0 Å². The number of hydrogen-bond donors (Lipinski definition) is 2. The molecule has 2 aromatic carbocycles. The van der Waals surface area contributed by atoms with Crippen molar-refractivity contribution >= 4 is 35.6 Å². The monoisotopic (exact) mass is 331 g/mol. The maximum atomic E-state index is 10.2. The van der Waals surface area contributed by atoms with Crippen LogP contribution < -0.4 is 5.73 Å². The summed E-state index contributed by atoms with van der Waals surface area (Å²) in [7, 11) is 0. The summed E-state index contributed by atoms with van der Waals surface area (Å²) in [5, 5.41) is 11.1. The summed E-state index contributed by atoms with van der Waals surface area (Å²) < 4.78 is 0. The van der Waals surface area contributed by atoms with Gasteiger partial charge < -0.3 is 10.8 Å². The molecule has 0 saturated heterocycles. The van der Waals surface area contributed by atoms with E-state index in [1.54, 1.807) is 18.2 Å². The van der Waals surface area contributed by atoms with Gasteiger partial charge in [0.1, 0.15) is 0 Å². The van der Waals surface area contributed by atoms with Gasteiger partial charge in [-0.15, -0.1) is 12.4 Å². The van der Waals surface area contributed by atoms with Crippen molar-refractivity contribution in [1.29, 1.82) is 0 Å². The molecule has 2 atom stereocenters. The summed E-state index contributed by atoms with van der Waals surface area (Å²) in [6.45, 7) is 0. The number of benzene rings is 2. The molecule has 0 radical (unpaired) electrons. The molecule has 0 aliphatic carbocycles. The Balaban J connectivity index is 0.00000200. The lowest BCUT2D eigenvalue weighted by molar-refractivity contribution is 0.145. The minimum absolute atomic E-state index is 0. The van der Waals surface area contributed by atoms with E-state index >= 15 is 0 Å². The molecule has 0 aromatic heterocycles.